The Morgan fingerprint density at radius 2 is 1.67 bits per heavy atom. The number of rotatable bonds is 11. The monoisotopic (exact) mass is 715 g/mol. The molecule has 48 heavy (non-hydrogen) atoms. The first kappa shape index (κ1) is 36.5. The molecule has 1 unspecified atom stereocenters. The number of halogens is 3. The van der Waals surface area contributed by atoms with Crippen molar-refractivity contribution in [2.24, 2.45) is 11.8 Å². The molecular weight excluding hydrogens is 672 g/mol. The summed E-state index contributed by atoms with van der Waals surface area (Å²) in [5, 5.41) is 25.7. The minimum Gasteiger partial charge on any atom is -0.466 e. The molecule has 2 heterocycles. The van der Waals surface area contributed by atoms with Crippen LogP contribution in [0.25, 0.3) is 0 Å². The first-order valence-electron chi connectivity index (χ1n) is 16.5. The van der Waals surface area contributed by atoms with Crippen molar-refractivity contribution in [3.8, 4) is 0 Å². The smallest absolute Gasteiger partial charge is 0.311 e. The van der Waals surface area contributed by atoms with Gasteiger partial charge in [0.15, 0.2) is 5.72 Å². The Balaban J connectivity index is 1.69. The highest BCUT2D eigenvalue weighted by Gasteiger charge is 2.57. The van der Waals surface area contributed by atoms with Gasteiger partial charge in [-0.1, -0.05) is 74.0 Å². The normalized spacial score (nSPS) is 21.0. The van der Waals surface area contributed by atoms with E-state index < -0.39 is 49.1 Å². The highest BCUT2D eigenvalue weighted by molar-refractivity contribution is 6.76. The molecule has 5 rings (SSSR count). The fourth-order valence-electron chi connectivity index (χ4n) is 7.01. The molecule has 4 atom stereocenters. The standard InChI is InChI=1S/C37H44Cl2FNO6Si/c1-6-36(44,25-15-17-46-18-16-25)27-21-30-32(31(40)22-27)37(45,26-9-13-29(39)14-10-26)41(34(30)42)33(24-7-11-28(38)12-8-24)23(2)35(43)47-19-20-48(3,4)5/h7-14,21-23,25,33,44-45H,6,15-20H2,1-5H3/t23-,33?,36-,37+/m0/s1. The number of carbonyl (C=O) groups excluding carboxylic acids is 2. The zero-order valence-corrected chi connectivity index (χ0v) is 30.6. The maximum atomic E-state index is 16.7. The zero-order valence-electron chi connectivity index (χ0n) is 28.1. The van der Waals surface area contributed by atoms with Gasteiger partial charge in [-0.25, -0.2) is 4.39 Å². The minimum atomic E-state index is -2.36. The number of fused-ring (bicyclic) bond motifs is 1. The average molecular weight is 717 g/mol. The van der Waals surface area contributed by atoms with Crippen LogP contribution in [0.1, 0.15) is 71.8 Å². The van der Waals surface area contributed by atoms with Crippen molar-refractivity contribution in [1.29, 1.82) is 0 Å². The van der Waals surface area contributed by atoms with Gasteiger partial charge in [-0.15, -0.1) is 0 Å². The number of hydrogen-bond acceptors (Lipinski definition) is 6. The average Bonchev–Trinajstić information content (AvgIpc) is 3.28. The third kappa shape index (κ3) is 6.95. The molecule has 1 amide bonds. The number of esters is 1. The maximum absolute atomic E-state index is 16.7. The summed E-state index contributed by atoms with van der Waals surface area (Å²) in [5.74, 6) is -3.31. The Hall–Kier alpha value is -2.79. The molecule has 1 saturated heterocycles. The number of aliphatic hydroxyl groups is 2. The number of nitrogens with zero attached hydrogens (tertiary/aromatic N) is 1. The van der Waals surface area contributed by atoms with E-state index in [0.717, 1.165) is 6.04 Å². The summed E-state index contributed by atoms with van der Waals surface area (Å²) >= 11 is 12.5. The van der Waals surface area contributed by atoms with Crippen molar-refractivity contribution in [3.05, 3.63) is 104 Å². The van der Waals surface area contributed by atoms with Gasteiger partial charge in [-0.05, 0) is 85.7 Å². The van der Waals surface area contributed by atoms with E-state index in [1.165, 1.54) is 29.2 Å². The Labute approximate surface area is 293 Å². The van der Waals surface area contributed by atoms with Crippen molar-refractivity contribution in [3.63, 3.8) is 0 Å². The predicted molar refractivity (Wildman–Crippen MR) is 187 cm³/mol. The van der Waals surface area contributed by atoms with Gasteiger partial charge in [-0.2, -0.15) is 0 Å². The molecule has 0 aliphatic carbocycles. The molecule has 0 aromatic heterocycles. The molecule has 3 aromatic rings. The fourth-order valence-corrected chi connectivity index (χ4v) is 7.98. The lowest BCUT2D eigenvalue weighted by Crippen LogP contribution is -2.50. The summed E-state index contributed by atoms with van der Waals surface area (Å²) < 4.78 is 28.0. The van der Waals surface area contributed by atoms with E-state index in [1.807, 2.05) is 6.92 Å². The van der Waals surface area contributed by atoms with Gasteiger partial charge in [0.05, 0.1) is 35.3 Å². The molecule has 0 radical (unpaired) electrons. The van der Waals surface area contributed by atoms with Gasteiger partial charge in [-0.3, -0.25) is 14.5 Å². The lowest BCUT2D eigenvalue weighted by molar-refractivity contribution is -0.153. The minimum absolute atomic E-state index is 0.0975. The lowest BCUT2D eigenvalue weighted by atomic mass is 9.74. The van der Waals surface area contributed by atoms with Crippen LogP contribution in [0.5, 0.6) is 0 Å². The van der Waals surface area contributed by atoms with Crippen LogP contribution in [0.4, 0.5) is 4.39 Å². The van der Waals surface area contributed by atoms with Gasteiger partial charge >= 0.3 is 5.97 Å². The summed E-state index contributed by atoms with van der Waals surface area (Å²) in [6.07, 6.45) is 1.44. The summed E-state index contributed by atoms with van der Waals surface area (Å²) in [4.78, 5) is 29.7. The first-order valence-corrected chi connectivity index (χ1v) is 21.0. The highest BCUT2D eigenvalue weighted by atomic mass is 35.5. The van der Waals surface area contributed by atoms with Crippen LogP contribution in [-0.2, 0) is 25.6 Å². The Bertz CT molecular complexity index is 1640. The topological polar surface area (TPSA) is 96.3 Å². The molecule has 0 bridgehead atoms. The number of benzene rings is 3. The van der Waals surface area contributed by atoms with E-state index in [0.29, 0.717) is 41.7 Å². The number of ether oxygens (including phenoxy) is 2. The van der Waals surface area contributed by atoms with Crippen molar-refractivity contribution in [1.82, 2.24) is 4.90 Å². The summed E-state index contributed by atoms with van der Waals surface area (Å²) in [5.41, 5.74) is -3.23. The summed E-state index contributed by atoms with van der Waals surface area (Å²) in [6, 6.07) is 15.2. The fraction of sp³-hybridized carbons (Fsp3) is 0.459. The maximum Gasteiger partial charge on any atom is 0.311 e. The van der Waals surface area contributed by atoms with Gasteiger partial charge < -0.3 is 19.7 Å². The van der Waals surface area contributed by atoms with Gasteiger partial charge in [0.1, 0.15) is 5.82 Å². The molecule has 0 saturated carbocycles. The van der Waals surface area contributed by atoms with Crippen molar-refractivity contribution in [2.45, 2.75) is 76.2 Å². The third-order valence-electron chi connectivity index (χ3n) is 9.85. The van der Waals surface area contributed by atoms with Gasteiger partial charge in [0.2, 0.25) is 0 Å². The highest BCUT2D eigenvalue weighted by Crippen LogP contribution is 2.51. The third-order valence-corrected chi connectivity index (χ3v) is 12.1. The van der Waals surface area contributed by atoms with E-state index >= 15 is 4.39 Å². The molecule has 7 nitrogen and oxygen atoms in total. The Kier molecular flexibility index (Phi) is 10.8. The summed E-state index contributed by atoms with van der Waals surface area (Å²) in [7, 11) is -1.53. The van der Waals surface area contributed by atoms with Crippen LogP contribution in [0.3, 0.4) is 0 Å². The number of carbonyl (C=O) groups is 2. The van der Waals surface area contributed by atoms with Crippen molar-refractivity contribution < 1.29 is 33.7 Å². The quantitative estimate of drug-likeness (QED) is 0.154. The molecule has 2 aliphatic heterocycles. The van der Waals surface area contributed by atoms with Crippen molar-refractivity contribution in [2.75, 3.05) is 19.8 Å². The van der Waals surface area contributed by atoms with E-state index in [4.69, 9.17) is 32.7 Å². The lowest BCUT2D eigenvalue weighted by Gasteiger charge is -2.42. The SMILES string of the molecule is CC[C@@](O)(c1cc(F)c2c(c1)C(=O)N(C(c1ccc(Cl)cc1)[C@H](C)C(=O)OCC[Si](C)(C)C)[C@@]2(O)c1ccc(Cl)cc1)C1CCOCC1. The van der Waals surface area contributed by atoms with Gasteiger partial charge in [0, 0.05) is 36.9 Å². The predicted octanol–water partition coefficient (Wildman–Crippen LogP) is 8.06. The number of amides is 1. The second kappa shape index (κ2) is 14.2. The molecule has 1 fully saturated rings. The molecule has 3 aromatic carbocycles. The van der Waals surface area contributed by atoms with E-state index in [-0.39, 0.29) is 41.2 Å². The second-order valence-corrected chi connectivity index (χ2v) is 20.7. The molecule has 0 spiro atoms. The van der Waals surface area contributed by atoms with E-state index in [9.17, 15) is 19.8 Å². The van der Waals surface area contributed by atoms with Gasteiger partial charge in [0.25, 0.3) is 5.91 Å². The molecule has 2 N–H and O–H groups in total. The molecule has 258 valence electrons. The Morgan fingerprint density at radius 1 is 1.08 bits per heavy atom. The van der Waals surface area contributed by atoms with Crippen LogP contribution >= 0.6 is 23.2 Å². The molecule has 2 aliphatic rings. The van der Waals surface area contributed by atoms with Crippen LogP contribution in [-0.4, -0.2) is 54.9 Å². The van der Waals surface area contributed by atoms with Crippen molar-refractivity contribution >= 4 is 43.2 Å². The van der Waals surface area contributed by atoms with E-state index in [2.05, 4.69) is 19.6 Å². The van der Waals surface area contributed by atoms with Crippen LogP contribution < -0.4 is 0 Å². The molecular formula is C37H44Cl2FNO6Si. The number of hydrogen-bond donors (Lipinski definition) is 2. The Morgan fingerprint density at radius 3 is 2.23 bits per heavy atom. The zero-order chi connectivity index (χ0) is 35.0. The second-order valence-electron chi connectivity index (χ2n) is 14.2. The first-order chi connectivity index (χ1) is 22.6. The summed E-state index contributed by atoms with van der Waals surface area (Å²) in [6.45, 7) is 11.2. The van der Waals surface area contributed by atoms with E-state index in [1.54, 1.807) is 43.3 Å². The largest absolute Gasteiger partial charge is 0.466 e. The molecule has 11 heteroatoms. The van der Waals surface area contributed by atoms with Crippen LogP contribution in [0, 0.1) is 17.7 Å². The van der Waals surface area contributed by atoms with Crippen LogP contribution in [0.2, 0.25) is 35.7 Å². The van der Waals surface area contributed by atoms with Crippen LogP contribution in [0.15, 0.2) is 60.7 Å².